The summed E-state index contributed by atoms with van der Waals surface area (Å²) in [5.74, 6) is -2.61. The van der Waals surface area contributed by atoms with E-state index in [2.05, 4.69) is 10.3 Å². The fourth-order valence-corrected chi connectivity index (χ4v) is 4.55. The molecular formula is C29H25N2O7P. The molecule has 0 aliphatic heterocycles. The molecule has 4 aromatic rings. The maximum absolute atomic E-state index is 13.1. The van der Waals surface area contributed by atoms with Crippen molar-refractivity contribution in [3.63, 3.8) is 0 Å². The molecule has 3 aromatic carbocycles. The van der Waals surface area contributed by atoms with E-state index in [4.69, 9.17) is 4.74 Å². The lowest BCUT2D eigenvalue weighted by molar-refractivity contribution is -0.142. The number of ether oxygens (including phenoxy) is 1. The number of carboxylic acid groups (broad SMARTS) is 1. The number of hydrogen-bond donors (Lipinski definition) is 3. The number of aromatic nitrogens is 1. The molecule has 0 saturated carbocycles. The van der Waals surface area contributed by atoms with Crippen molar-refractivity contribution in [1.82, 2.24) is 10.3 Å². The summed E-state index contributed by atoms with van der Waals surface area (Å²) in [6.07, 6.45) is 0.0878. The maximum atomic E-state index is 13.1. The number of pyridine rings is 1. The van der Waals surface area contributed by atoms with E-state index >= 15 is 0 Å². The monoisotopic (exact) mass is 544 g/mol. The van der Waals surface area contributed by atoms with Crippen LogP contribution in [0.5, 0.6) is 5.75 Å². The first-order valence-corrected chi connectivity index (χ1v) is 13.4. The molecule has 39 heavy (non-hydrogen) atoms. The highest BCUT2D eigenvalue weighted by molar-refractivity contribution is 7.58. The van der Waals surface area contributed by atoms with Crippen LogP contribution in [-0.4, -0.2) is 58.4 Å². The number of phenols is 1. The van der Waals surface area contributed by atoms with Gasteiger partial charge in [0.15, 0.2) is 5.52 Å². The molecule has 0 bridgehead atoms. The molecule has 0 fully saturated rings. The smallest absolute Gasteiger partial charge is 0.336 e. The SMILES string of the molecule is COC(=O)[C@H](Cc1ccc(O)cc1)NC(=O)c1cc(C(=O)O)c2cc(-c3ccc(C(=O)PC)cc3)ccc2n1. The second kappa shape index (κ2) is 11.8. The first-order valence-electron chi connectivity index (χ1n) is 11.9. The Morgan fingerprint density at radius 3 is 2.23 bits per heavy atom. The van der Waals surface area contributed by atoms with Crippen molar-refractivity contribution in [2.24, 2.45) is 0 Å². The molecule has 3 N–H and O–H groups in total. The van der Waals surface area contributed by atoms with Gasteiger partial charge in [-0.1, -0.05) is 42.5 Å². The fraction of sp³-hybridized carbons (Fsp3) is 0.138. The minimum atomic E-state index is -1.24. The van der Waals surface area contributed by atoms with Gasteiger partial charge in [-0.15, -0.1) is 0 Å². The molecule has 198 valence electrons. The van der Waals surface area contributed by atoms with Gasteiger partial charge in [0.2, 0.25) is 0 Å². The quantitative estimate of drug-likeness (QED) is 0.209. The van der Waals surface area contributed by atoms with Gasteiger partial charge in [-0.05, 0) is 62.3 Å². The number of nitrogens with zero attached hydrogens (tertiary/aromatic N) is 1. The maximum Gasteiger partial charge on any atom is 0.336 e. The predicted molar refractivity (Wildman–Crippen MR) is 148 cm³/mol. The number of carbonyl (C=O) groups excluding carboxylic acids is 3. The second-order valence-corrected chi connectivity index (χ2v) is 9.62. The predicted octanol–water partition coefficient (Wildman–Crippen LogP) is 4.27. The van der Waals surface area contributed by atoms with Crippen LogP contribution in [0.2, 0.25) is 0 Å². The molecule has 2 atom stereocenters. The minimum Gasteiger partial charge on any atom is -0.508 e. The zero-order valence-corrected chi connectivity index (χ0v) is 22.1. The Morgan fingerprint density at radius 2 is 1.62 bits per heavy atom. The highest BCUT2D eigenvalue weighted by Gasteiger charge is 2.25. The number of hydrogen-bond acceptors (Lipinski definition) is 7. The lowest BCUT2D eigenvalue weighted by atomic mass is 9.99. The van der Waals surface area contributed by atoms with E-state index in [1.807, 2.05) is 6.66 Å². The molecule has 4 rings (SSSR count). The highest BCUT2D eigenvalue weighted by atomic mass is 31.1. The summed E-state index contributed by atoms with van der Waals surface area (Å²) in [5, 5.41) is 22.3. The molecule has 1 aromatic heterocycles. The van der Waals surface area contributed by atoms with Crippen molar-refractivity contribution in [2.75, 3.05) is 13.8 Å². The van der Waals surface area contributed by atoms with Crippen LogP contribution < -0.4 is 5.32 Å². The molecular weight excluding hydrogens is 519 g/mol. The van der Waals surface area contributed by atoms with Crippen molar-refractivity contribution in [2.45, 2.75) is 12.5 Å². The summed E-state index contributed by atoms with van der Waals surface area (Å²) in [5.41, 5.74) is 2.84. The number of rotatable bonds is 9. The molecule has 10 heteroatoms. The lowest BCUT2D eigenvalue weighted by Gasteiger charge is -2.17. The second-order valence-electron chi connectivity index (χ2n) is 8.67. The highest BCUT2D eigenvalue weighted by Crippen LogP contribution is 2.28. The fourth-order valence-electron chi connectivity index (χ4n) is 4.09. The van der Waals surface area contributed by atoms with Gasteiger partial charge < -0.3 is 20.3 Å². The number of aromatic carboxylic acids is 1. The van der Waals surface area contributed by atoms with Crippen molar-refractivity contribution in [3.8, 4) is 16.9 Å². The minimum absolute atomic E-state index is 0.0562. The van der Waals surface area contributed by atoms with E-state index in [1.54, 1.807) is 54.6 Å². The molecule has 0 radical (unpaired) electrons. The van der Waals surface area contributed by atoms with Gasteiger partial charge in [-0.3, -0.25) is 9.59 Å². The lowest BCUT2D eigenvalue weighted by Crippen LogP contribution is -2.43. The van der Waals surface area contributed by atoms with Crippen LogP contribution in [0.3, 0.4) is 0 Å². The van der Waals surface area contributed by atoms with E-state index in [0.717, 1.165) is 11.1 Å². The molecule has 0 aliphatic carbocycles. The number of esters is 1. The van der Waals surface area contributed by atoms with E-state index in [-0.39, 0.29) is 43.0 Å². The van der Waals surface area contributed by atoms with Gasteiger partial charge in [0.05, 0.1) is 18.2 Å². The Bertz CT molecular complexity index is 1570. The first-order chi connectivity index (χ1) is 18.7. The zero-order chi connectivity index (χ0) is 28.1. The van der Waals surface area contributed by atoms with E-state index < -0.39 is 23.9 Å². The zero-order valence-electron chi connectivity index (χ0n) is 21.1. The van der Waals surface area contributed by atoms with Gasteiger partial charge in [-0.25, -0.2) is 14.6 Å². The standard InChI is InChI=1S/C29H25N2O7P/c1-38-28(36)25(13-16-3-10-20(32)11-4-16)31-26(33)24-15-22(27(34)35)21-14-19(9-12-23(21)30-24)17-5-7-18(8-6-17)29(37)39-2/h3-12,14-15,25,32,39H,13H2,1-2H3,(H,31,33)(H,34,35)/t25-/m0/s1. The molecule has 0 saturated heterocycles. The number of benzene rings is 3. The number of phenolic OH excluding ortho intramolecular Hbond substituents is 1. The average Bonchev–Trinajstić information content (AvgIpc) is 2.96. The summed E-state index contributed by atoms with van der Waals surface area (Å²) in [4.78, 5) is 53.9. The summed E-state index contributed by atoms with van der Waals surface area (Å²) >= 11 is 0. The Labute approximate surface area is 225 Å². The molecule has 1 amide bonds. The summed E-state index contributed by atoms with van der Waals surface area (Å²) < 4.78 is 4.82. The van der Waals surface area contributed by atoms with E-state index in [1.165, 1.54) is 25.3 Å². The van der Waals surface area contributed by atoms with Gasteiger partial charge in [-0.2, -0.15) is 0 Å². The molecule has 1 heterocycles. The first kappa shape index (κ1) is 27.4. The van der Waals surface area contributed by atoms with Crippen molar-refractivity contribution < 1.29 is 34.1 Å². The molecule has 0 aliphatic rings. The van der Waals surface area contributed by atoms with Crippen molar-refractivity contribution >= 4 is 42.9 Å². The van der Waals surface area contributed by atoms with Crippen molar-refractivity contribution in [1.29, 1.82) is 0 Å². The van der Waals surface area contributed by atoms with Gasteiger partial charge >= 0.3 is 11.9 Å². The third-order valence-electron chi connectivity index (χ3n) is 6.15. The summed E-state index contributed by atoms with van der Waals surface area (Å²) in [6, 6.07) is 18.4. The van der Waals surface area contributed by atoms with Gasteiger partial charge in [0.1, 0.15) is 17.5 Å². The van der Waals surface area contributed by atoms with E-state index in [0.29, 0.717) is 16.5 Å². The van der Waals surface area contributed by atoms with Crippen LogP contribution in [-0.2, 0) is 16.0 Å². The number of nitrogens with one attached hydrogen (secondary N) is 1. The third kappa shape index (κ3) is 6.27. The summed E-state index contributed by atoms with van der Waals surface area (Å²) in [6.45, 7) is 1.82. The van der Waals surface area contributed by atoms with Crippen LogP contribution >= 0.6 is 8.58 Å². The van der Waals surface area contributed by atoms with Crippen LogP contribution in [0, 0.1) is 0 Å². The summed E-state index contributed by atoms with van der Waals surface area (Å²) in [7, 11) is 1.36. The molecule has 0 spiro atoms. The average molecular weight is 545 g/mol. The molecule has 1 unspecified atom stereocenters. The van der Waals surface area contributed by atoms with Crippen LogP contribution in [0.4, 0.5) is 0 Å². The number of carbonyl (C=O) groups is 4. The molecule has 9 nitrogen and oxygen atoms in total. The Hall–Kier alpha value is -4.62. The number of carboxylic acids is 1. The Kier molecular flexibility index (Phi) is 8.32. The number of amides is 1. The third-order valence-corrected chi connectivity index (χ3v) is 6.89. The Balaban J connectivity index is 1.65. The van der Waals surface area contributed by atoms with Crippen LogP contribution in [0.25, 0.3) is 22.0 Å². The number of fused-ring (bicyclic) bond motifs is 1. The van der Waals surface area contributed by atoms with Crippen LogP contribution in [0.15, 0.2) is 72.8 Å². The van der Waals surface area contributed by atoms with E-state index in [9.17, 15) is 29.4 Å². The Morgan fingerprint density at radius 1 is 0.949 bits per heavy atom. The topological polar surface area (TPSA) is 143 Å². The van der Waals surface area contributed by atoms with Crippen molar-refractivity contribution in [3.05, 3.63) is 95.2 Å². The van der Waals surface area contributed by atoms with Crippen LogP contribution in [0.1, 0.15) is 36.8 Å². The normalized spacial score (nSPS) is 11.8. The van der Waals surface area contributed by atoms with Gasteiger partial charge in [0, 0.05) is 17.4 Å². The number of methoxy groups -OCH3 is 1. The number of aromatic hydroxyl groups is 1. The van der Waals surface area contributed by atoms with Gasteiger partial charge in [0.25, 0.3) is 5.91 Å². The largest absolute Gasteiger partial charge is 0.508 e.